The second-order valence-corrected chi connectivity index (χ2v) is 13.0. The molecule has 0 aliphatic heterocycles. The molecule has 0 aliphatic carbocycles. The molecule has 2 heteroatoms. The van der Waals surface area contributed by atoms with Crippen LogP contribution in [0.5, 0.6) is 0 Å². The van der Waals surface area contributed by atoms with Gasteiger partial charge in [-0.1, -0.05) is 140 Å². The average Bonchev–Trinajstić information content (AvgIpc) is 3.54. The summed E-state index contributed by atoms with van der Waals surface area (Å²) in [4.78, 5) is 2.37. The molecule has 9 aromatic carbocycles. The van der Waals surface area contributed by atoms with E-state index in [9.17, 15) is 0 Å². The van der Waals surface area contributed by atoms with E-state index in [0.29, 0.717) is 0 Å². The van der Waals surface area contributed by atoms with E-state index in [2.05, 4.69) is 193 Å². The van der Waals surface area contributed by atoms with E-state index >= 15 is 0 Å². The molecule has 1 heterocycles. The summed E-state index contributed by atoms with van der Waals surface area (Å²) in [5, 5.41) is 9.56. The minimum Gasteiger partial charge on any atom is -0.456 e. The molecule has 0 radical (unpaired) electrons. The highest BCUT2D eigenvalue weighted by Crippen LogP contribution is 2.42. The van der Waals surface area contributed by atoms with Crippen LogP contribution in [0.25, 0.3) is 76.5 Å². The highest BCUT2D eigenvalue weighted by Gasteiger charge is 2.18. The smallest absolute Gasteiger partial charge is 0.136 e. The molecule has 10 rings (SSSR count). The lowest BCUT2D eigenvalue weighted by atomic mass is 9.96. The third-order valence-corrected chi connectivity index (χ3v) is 10.0. The van der Waals surface area contributed by atoms with Crippen molar-refractivity contribution in [3.8, 4) is 22.3 Å². The van der Waals surface area contributed by atoms with Crippen LogP contribution >= 0.6 is 0 Å². The van der Waals surface area contributed by atoms with Crippen molar-refractivity contribution in [2.24, 2.45) is 0 Å². The number of benzene rings is 9. The maximum Gasteiger partial charge on any atom is 0.136 e. The zero-order valence-electron chi connectivity index (χ0n) is 27.3. The van der Waals surface area contributed by atoms with Gasteiger partial charge in [0.2, 0.25) is 0 Å². The molecule has 0 aliphatic rings. The molecule has 0 unspecified atom stereocenters. The Morgan fingerprint density at radius 3 is 1.62 bits per heavy atom. The van der Waals surface area contributed by atoms with E-state index < -0.39 is 0 Å². The Balaban J connectivity index is 1.07. The lowest BCUT2D eigenvalue weighted by Crippen LogP contribution is -2.10. The summed E-state index contributed by atoms with van der Waals surface area (Å²) in [7, 11) is 0. The highest BCUT2D eigenvalue weighted by atomic mass is 16.3. The van der Waals surface area contributed by atoms with Crippen LogP contribution in [0.15, 0.2) is 192 Å². The van der Waals surface area contributed by atoms with Gasteiger partial charge < -0.3 is 9.32 Å². The molecule has 0 bridgehead atoms. The molecule has 10 aromatic rings. The van der Waals surface area contributed by atoms with Crippen LogP contribution in [0.3, 0.4) is 0 Å². The molecule has 0 N–H and O–H groups in total. The topological polar surface area (TPSA) is 16.4 Å². The number of nitrogens with zero attached hydrogens (tertiary/aromatic N) is 1. The van der Waals surface area contributed by atoms with E-state index in [-0.39, 0.29) is 0 Å². The minimum atomic E-state index is 0.888. The third kappa shape index (κ3) is 4.73. The normalized spacial score (nSPS) is 11.6. The van der Waals surface area contributed by atoms with Crippen molar-refractivity contribution in [2.75, 3.05) is 4.90 Å². The lowest BCUT2D eigenvalue weighted by molar-refractivity contribution is 0.669. The summed E-state index contributed by atoms with van der Waals surface area (Å²) >= 11 is 0. The lowest BCUT2D eigenvalue weighted by Gasteiger charge is -2.27. The van der Waals surface area contributed by atoms with Gasteiger partial charge in [-0.05, 0) is 97.7 Å². The third-order valence-electron chi connectivity index (χ3n) is 10.0. The zero-order chi connectivity index (χ0) is 33.0. The van der Waals surface area contributed by atoms with E-state index in [1.165, 1.54) is 54.6 Å². The quantitative estimate of drug-likeness (QED) is 0.187. The zero-order valence-corrected chi connectivity index (χ0v) is 27.3. The maximum atomic E-state index is 6.38. The first kappa shape index (κ1) is 28.4. The van der Waals surface area contributed by atoms with Crippen LogP contribution in [0.4, 0.5) is 17.1 Å². The fourth-order valence-corrected chi connectivity index (χ4v) is 7.54. The van der Waals surface area contributed by atoms with Gasteiger partial charge in [-0.3, -0.25) is 0 Å². The summed E-state index contributed by atoms with van der Waals surface area (Å²) in [5.41, 5.74) is 9.95. The van der Waals surface area contributed by atoms with Gasteiger partial charge in [-0.25, -0.2) is 0 Å². The van der Waals surface area contributed by atoms with E-state index in [1.807, 2.05) is 0 Å². The second kappa shape index (κ2) is 11.5. The van der Waals surface area contributed by atoms with E-state index in [4.69, 9.17) is 4.42 Å². The molecular formula is C48H31NO. The molecule has 0 spiro atoms. The van der Waals surface area contributed by atoms with Gasteiger partial charge in [0.15, 0.2) is 0 Å². The van der Waals surface area contributed by atoms with Crippen molar-refractivity contribution in [2.45, 2.75) is 0 Å². The summed E-state index contributed by atoms with van der Waals surface area (Å²) in [6, 6.07) is 67.6. The van der Waals surface area contributed by atoms with Crippen molar-refractivity contribution < 1.29 is 4.42 Å². The molecule has 0 atom stereocenters. The number of furan rings is 1. The van der Waals surface area contributed by atoms with Crippen molar-refractivity contribution in [3.05, 3.63) is 188 Å². The Morgan fingerprint density at radius 2 is 0.860 bits per heavy atom. The van der Waals surface area contributed by atoms with Gasteiger partial charge in [0, 0.05) is 27.5 Å². The average molecular weight is 638 g/mol. The summed E-state index contributed by atoms with van der Waals surface area (Å²) < 4.78 is 6.38. The molecule has 50 heavy (non-hydrogen) atoms. The van der Waals surface area contributed by atoms with Gasteiger partial charge in [0.05, 0.1) is 5.69 Å². The standard InChI is InChI=1S/C48H31NO/c1-2-12-38-30-48-44(29-37(38)11-1)45-31-40(27-28-47(45)50-48)49(46-18-8-14-35-10-4-6-16-43(35)46)39-25-23-33(24-26-39)32-19-21-36(22-20-32)42-17-7-13-34-9-3-5-15-41(34)42/h1-31H. The van der Waals surface area contributed by atoms with Crippen molar-refractivity contribution >= 4 is 71.3 Å². The van der Waals surface area contributed by atoms with Gasteiger partial charge in [0.1, 0.15) is 11.2 Å². The number of hydrogen-bond donors (Lipinski definition) is 0. The minimum absolute atomic E-state index is 0.888. The number of hydrogen-bond acceptors (Lipinski definition) is 2. The largest absolute Gasteiger partial charge is 0.456 e. The predicted octanol–water partition coefficient (Wildman–Crippen LogP) is 13.8. The molecule has 1 aromatic heterocycles. The Kier molecular flexibility index (Phi) is 6.53. The van der Waals surface area contributed by atoms with Crippen LogP contribution in [-0.4, -0.2) is 0 Å². The molecule has 0 saturated heterocycles. The van der Waals surface area contributed by atoms with Crippen molar-refractivity contribution in [1.29, 1.82) is 0 Å². The monoisotopic (exact) mass is 637 g/mol. The molecular weight excluding hydrogens is 607 g/mol. The van der Waals surface area contributed by atoms with Crippen LogP contribution in [0.1, 0.15) is 0 Å². The Bertz CT molecular complexity index is 2850. The molecule has 2 nitrogen and oxygen atoms in total. The fourth-order valence-electron chi connectivity index (χ4n) is 7.54. The Morgan fingerprint density at radius 1 is 0.320 bits per heavy atom. The number of fused-ring (bicyclic) bond motifs is 6. The predicted molar refractivity (Wildman–Crippen MR) is 212 cm³/mol. The number of rotatable bonds is 5. The summed E-state index contributed by atoms with van der Waals surface area (Å²) in [6.07, 6.45) is 0. The molecule has 0 amide bonds. The Hall–Kier alpha value is -6.64. The van der Waals surface area contributed by atoms with Crippen LogP contribution in [-0.2, 0) is 0 Å². The first-order chi connectivity index (χ1) is 24.8. The first-order valence-corrected chi connectivity index (χ1v) is 17.1. The van der Waals surface area contributed by atoms with Crippen molar-refractivity contribution in [3.63, 3.8) is 0 Å². The highest BCUT2D eigenvalue weighted by molar-refractivity contribution is 6.11. The summed E-state index contributed by atoms with van der Waals surface area (Å²) in [5.74, 6) is 0. The first-order valence-electron chi connectivity index (χ1n) is 17.1. The van der Waals surface area contributed by atoms with Crippen molar-refractivity contribution in [1.82, 2.24) is 0 Å². The van der Waals surface area contributed by atoms with Gasteiger partial charge >= 0.3 is 0 Å². The van der Waals surface area contributed by atoms with Crippen LogP contribution in [0.2, 0.25) is 0 Å². The van der Waals surface area contributed by atoms with Crippen LogP contribution in [0, 0.1) is 0 Å². The van der Waals surface area contributed by atoms with E-state index in [1.54, 1.807) is 0 Å². The second-order valence-electron chi connectivity index (χ2n) is 13.0. The number of anilines is 3. The van der Waals surface area contributed by atoms with Gasteiger partial charge in [0.25, 0.3) is 0 Å². The SMILES string of the molecule is c1ccc2cc3c(cc2c1)oc1ccc(N(c2ccc(-c4ccc(-c5cccc6ccccc56)cc4)cc2)c2cccc4ccccc24)cc13. The summed E-state index contributed by atoms with van der Waals surface area (Å²) in [6.45, 7) is 0. The van der Waals surface area contributed by atoms with Crippen LogP contribution < -0.4 is 4.90 Å². The molecule has 234 valence electrons. The molecule has 0 saturated carbocycles. The fraction of sp³-hybridized carbons (Fsp3) is 0. The maximum absolute atomic E-state index is 6.38. The van der Waals surface area contributed by atoms with E-state index in [0.717, 1.165) is 39.0 Å². The molecule has 0 fully saturated rings. The van der Waals surface area contributed by atoms with Gasteiger partial charge in [-0.2, -0.15) is 0 Å². The Labute approximate surface area is 290 Å². The van der Waals surface area contributed by atoms with Gasteiger partial charge in [-0.15, -0.1) is 0 Å².